The van der Waals surface area contributed by atoms with E-state index in [0.29, 0.717) is 18.9 Å². The lowest BCUT2D eigenvalue weighted by molar-refractivity contribution is -0.119. The number of nitrogens with one attached hydrogen (secondary N) is 1. The molecule has 1 saturated carbocycles. The highest BCUT2D eigenvalue weighted by Crippen LogP contribution is 2.30. The standard InChI is InChI=1S/C20H30N4O2.HI/c1-22-20(24-10-4-5-16(13-24)11-19(21)25)23-12-17-6-2-3-7-18(17)26-14-15-8-9-15;/h2-3,6-7,15-16H,4-5,8-14H2,1H3,(H2,21,25)(H,22,23);1H. The van der Waals surface area contributed by atoms with E-state index < -0.39 is 0 Å². The maximum atomic E-state index is 11.2. The van der Waals surface area contributed by atoms with E-state index in [4.69, 9.17) is 10.5 Å². The van der Waals surface area contributed by atoms with Crippen LogP contribution in [0.25, 0.3) is 0 Å². The quantitative estimate of drug-likeness (QED) is 0.353. The lowest BCUT2D eigenvalue weighted by atomic mass is 9.95. The maximum Gasteiger partial charge on any atom is 0.217 e. The number of halogens is 1. The molecule has 1 aliphatic carbocycles. The molecule has 1 heterocycles. The summed E-state index contributed by atoms with van der Waals surface area (Å²) in [5.41, 5.74) is 6.50. The number of carbonyl (C=O) groups is 1. The van der Waals surface area contributed by atoms with Crippen molar-refractivity contribution in [2.45, 2.75) is 38.6 Å². The zero-order valence-corrected chi connectivity index (χ0v) is 18.4. The molecule has 1 aromatic carbocycles. The smallest absolute Gasteiger partial charge is 0.217 e. The summed E-state index contributed by atoms with van der Waals surface area (Å²) < 4.78 is 5.99. The van der Waals surface area contributed by atoms with E-state index in [-0.39, 0.29) is 29.9 Å². The summed E-state index contributed by atoms with van der Waals surface area (Å²) in [7, 11) is 1.80. The number of aliphatic imine (C=N–C) groups is 1. The lowest BCUT2D eigenvalue weighted by Crippen LogP contribution is -2.46. The zero-order valence-electron chi connectivity index (χ0n) is 16.0. The number of para-hydroxylation sites is 1. The van der Waals surface area contributed by atoms with Gasteiger partial charge in [0.05, 0.1) is 6.61 Å². The van der Waals surface area contributed by atoms with Gasteiger partial charge in [-0.25, -0.2) is 0 Å². The molecule has 3 N–H and O–H groups in total. The Labute approximate surface area is 178 Å². The van der Waals surface area contributed by atoms with Crippen molar-refractivity contribution in [1.82, 2.24) is 10.2 Å². The third-order valence-electron chi connectivity index (χ3n) is 5.10. The Balaban J connectivity index is 0.00000261. The van der Waals surface area contributed by atoms with Crippen LogP contribution in [0, 0.1) is 11.8 Å². The number of carbonyl (C=O) groups excluding carboxylic acids is 1. The summed E-state index contributed by atoms with van der Waals surface area (Å²) in [5, 5.41) is 3.45. The monoisotopic (exact) mass is 486 g/mol. The molecule has 0 radical (unpaired) electrons. The molecule has 1 amide bonds. The first kappa shape index (κ1) is 21.8. The molecule has 2 fully saturated rings. The van der Waals surface area contributed by atoms with E-state index in [0.717, 1.165) is 55.7 Å². The number of hydrogen-bond donors (Lipinski definition) is 2. The second kappa shape index (κ2) is 10.7. The highest BCUT2D eigenvalue weighted by molar-refractivity contribution is 14.0. The van der Waals surface area contributed by atoms with Gasteiger partial charge < -0.3 is 20.7 Å². The highest BCUT2D eigenvalue weighted by atomic mass is 127. The average molecular weight is 486 g/mol. The Morgan fingerprint density at radius 3 is 2.78 bits per heavy atom. The van der Waals surface area contributed by atoms with Crippen LogP contribution in [-0.4, -0.2) is 43.5 Å². The van der Waals surface area contributed by atoms with Gasteiger partial charge in [-0.1, -0.05) is 18.2 Å². The number of guanidine groups is 1. The minimum atomic E-state index is -0.221. The van der Waals surface area contributed by atoms with E-state index in [1.165, 1.54) is 12.8 Å². The van der Waals surface area contributed by atoms with Crippen LogP contribution in [0.15, 0.2) is 29.3 Å². The molecule has 0 spiro atoms. The largest absolute Gasteiger partial charge is 0.493 e. The van der Waals surface area contributed by atoms with Gasteiger partial charge in [-0.3, -0.25) is 9.79 Å². The molecular weight excluding hydrogens is 455 g/mol. The molecule has 1 aliphatic heterocycles. The van der Waals surface area contributed by atoms with Crippen LogP contribution in [0.1, 0.15) is 37.7 Å². The van der Waals surface area contributed by atoms with Crippen molar-refractivity contribution in [2.75, 3.05) is 26.7 Å². The third-order valence-corrected chi connectivity index (χ3v) is 5.10. The van der Waals surface area contributed by atoms with Crippen molar-refractivity contribution in [2.24, 2.45) is 22.6 Å². The number of nitrogens with zero attached hydrogens (tertiary/aromatic N) is 2. The summed E-state index contributed by atoms with van der Waals surface area (Å²) in [6, 6.07) is 8.17. The van der Waals surface area contributed by atoms with Crippen LogP contribution in [0.4, 0.5) is 0 Å². The van der Waals surface area contributed by atoms with Gasteiger partial charge in [0.2, 0.25) is 5.91 Å². The van der Waals surface area contributed by atoms with Crippen molar-refractivity contribution >= 4 is 35.8 Å². The van der Waals surface area contributed by atoms with Gasteiger partial charge in [0.1, 0.15) is 5.75 Å². The number of rotatable bonds is 7. The molecular formula is C20H31IN4O2. The van der Waals surface area contributed by atoms with E-state index in [1.807, 2.05) is 18.2 Å². The molecule has 6 nitrogen and oxygen atoms in total. The second-order valence-corrected chi connectivity index (χ2v) is 7.39. The fraction of sp³-hybridized carbons (Fsp3) is 0.600. The molecule has 0 aromatic heterocycles. The fourth-order valence-electron chi connectivity index (χ4n) is 3.50. The van der Waals surface area contributed by atoms with Crippen molar-refractivity contribution in [3.63, 3.8) is 0 Å². The molecule has 1 atom stereocenters. The lowest BCUT2D eigenvalue weighted by Gasteiger charge is -2.34. The Kier molecular flexibility index (Phi) is 8.66. The van der Waals surface area contributed by atoms with E-state index in [2.05, 4.69) is 21.3 Å². The van der Waals surface area contributed by atoms with Crippen LogP contribution >= 0.6 is 24.0 Å². The van der Waals surface area contributed by atoms with Crippen molar-refractivity contribution in [3.05, 3.63) is 29.8 Å². The normalized spacial score (nSPS) is 20.0. The van der Waals surface area contributed by atoms with Crippen LogP contribution in [0.3, 0.4) is 0 Å². The number of benzene rings is 1. The first-order valence-corrected chi connectivity index (χ1v) is 9.60. The Hall–Kier alpha value is -1.51. The van der Waals surface area contributed by atoms with Crippen molar-refractivity contribution in [1.29, 1.82) is 0 Å². The number of ether oxygens (including phenoxy) is 1. The van der Waals surface area contributed by atoms with E-state index >= 15 is 0 Å². The van der Waals surface area contributed by atoms with Gasteiger partial charge in [-0.15, -0.1) is 24.0 Å². The predicted molar refractivity (Wildman–Crippen MR) is 118 cm³/mol. The minimum absolute atomic E-state index is 0. The van der Waals surface area contributed by atoms with Crippen LogP contribution in [0.2, 0.25) is 0 Å². The summed E-state index contributed by atoms with van der Waals surface area (Å²) >= 11 is 0. The van der Waals surface area contributed by atoms with Crippen molar-refractivity contribution in [3.8, 4) is 5.75 Å². The topological polar surface area (TPSA) is 80.0 Å². The molecule has 0 bridgehead atoms. The molecule has 1 saturated heterocycles. The second-order valence-electron chi connectivity index (χ2n) is 7.39. The van der Waals surface area contributed by atoms with Gasteiger partial charge in [-0.05, 0) is 43.6 Å². The average Bonchev–Trinajstić information content (AvgIpc) is 3.45. The minimum Gasteiger partial charge on any atom is -0.493 e. The van der Waals surface area contributed by atoms with Gasteiger partial charge in [0.15, 0.2) is 5.96 Å². The molecule has 1 unspecified atom stereocenters. The van der Waals surface area contributed by atoms with Crippen molar-refractivity contribution < 1.29 is 9.53 Å². The van der Waals surface area contributed by atoms with Gasteiger partial charge >= 0.3 is 0 Å². The Morgan fingerprint density at radius 2 is 2.07 bits per heavy atom. The number of amides is 1. The van der Waals surface area contributed by atoms with Crippen LogP contribution < -0.4 is 15.8 Å². The summed E-state index contributed by atoms with van der Waals surface area (Å²) in [5.74, 6) is 2.65. The molecule has 27 heavy (non-hydrogen) atoms. The van der Waals surface area contributed by atoms with Gasteiger partial charge in [0, 0.05) is 38.7 Å². The first-order chi connectivity index (χ1) is 12.7. The number of piperidine rings is 1. The summed E-state index contributed by atoms with van der Waals surface area (Å²) in [6.45, 7) is 3.26. The predicted octanol–water partition coefficient (Wildman–Crippen LogP) is 2.76. The van der Waals surface area contributed by atoms with E-state index in [1.54, 1.807) is 7.05 Å². The van der Waals surface area contributed by atoms with Crippen LogP contribution in [0.5, 0.6) is 5.75 Å². The first-order valence-electron chi connectivity index (χ1n) is 9.60. The number of likely N-dealkylation sites (tertiary alicyclic amines) is 1. The Morgan fingerprint density at radius 1 is 1.30 bits per heavy atom. The zero-order chi connectivity index (χ0) is 18.4. The highest BCUT2D eigenvalue weighted by Gasteiger charge is 2.24. The Bertz CT molecular complexity index is 649. The molecule has 2 aliphatic rings. The van der Waals surface area contributed by atoms with E-state index in [9.17, 15) is 4.79 Å². The van der Waals surface area contributed by atoms with Gasteiger partial charge in [-0.2, -0.15) is 0 Å². The summed E-state index contributed by atoms with van der Waals surface area (Å²) in [6.07, 6.45) is 5.13. The third kappa shape index (κ3) is 6.86. The van der Waals surface area contributed by atoms with Gasteiger partial charge in [0.25, 0.3) is 0 Å². The number of hydrogen-bond acceptors (Lipinski definition) is 3. The number of primary amides is 1. The summed E-state index contributed by atoms with van der Waals surface area (Å²) in [4.78, 5) is 17.9. The SMILES string of the molecule is CN=C(NCc1ccccc1OCC1CC1)N1CCCC(CC(N)=O)C1.I. The molecule has 3 rings (SSSR count). The number of nitrogens with two attached hydrogens (primary N) is 1. The fourth-order valence-corrected chi connectivity index (χ4v) is 3.50. The molecule has 7 heteroatoms. The van der Waals surface area contributed by atoms with Crippen LogP contribution in [-0.2, 0) is 11.3 Å². The molecule has 150 valence electrons. The molecule has 1 aromatic rings. The maximum absolute atomic E-state index is 11.2.